The van der Waals surface area contributed by atoms with Gasteiger partial charge in [-0.15, -0.1) is 0 Å². The molecule has 4 heterocycles. The Morgan fingerprint density at radius 3 is 2.81 bits per heavy atom. The number of fused-ring (bicyclic) bond motifs is 5. The largest absolute Gasteiger partial charge is 0.507 e. The molecule has 9 heteroatoms. The Labute approximate surface area is 180 Å². The number of benzene rings is 1. The Morgan fingerprint density at radius 2 is 2.09 bits per heavy atom. The van der Waals surface area contributed by atoms with Crippen molar-refractivity contribution in [1.82, 2.24) is 9.55 Å². The van der Waals surface area contributed by atoms with Gasteiger partial charge in [0.2, 0.25) is 0 Å². The second-order valence-electron chi connectivity index (χ2n) is 7.84. The number of phenolic OH excluding ortho intramolecular Hbond substituents is 1. The summed E-state index contributed by atoms with van der Waals surface area (Å²) in [6, 6.07) is 6.53. The van der Waals surface area contributed by atoms with E-state index in [-0.39, 0.29) is 42.0 Å². The number of pyridine rings is 2. The molecule has 2 aliphatic heterocycles. The number of aliphatic hydroxyl groups is 1. The van der Waals surface area contributed by atoms with Gasteiger partial charge in [0.25, 0.3) is 5.56 Å². The molecule has 5 rings (SSSR count). The van der Waals surface area contributed by atoms with E-state index in [1.807, 2.05) is 0 Å². The number of rotatable bonds is 3. The number of nitrogens with zero attached hydrogens (tertiary/aromatic N) is 2. The number of aromatic hydroxyl groups is 1. The van der Waals surface area contributed by atoms with Crippen LogP contribution in [-0.4, -0.2) is 36.8 Å². The number of ether oxygens (including phenoxy) is 1. The predicted octanol–water partition coefficient (Wildman–Crippen LogP) is 1.88. The fourth-order valence-electron chi connectivity index (χ4n) is 4.35. The Morgan fingerprint density at radius 1 is 1.31 bits per heavy atom. The van der Waals surface area contributed by atoms with Crippen molar-refractivity contribution in [3.05, 3.63) is 62.9 Å². The lowest BCUT2D eigenvalue weighted by Gasteiger charge is -2.31. The van der Waals surface area contributed by atoms with Gasteiger partial charge in [0.15, 0.2) is 5.60 Å². The number of esters is 1. The number of carboxylic acid groups (broad SMARTS) is 1. The van der Waals surface area contributed by atoms with Gasteiger partial charge >= 0.3 is 11.9 Å². The molecule has 0 radical (unpaired) electrons. The summed E-state index contributed by atoms with van der Waals surface area (Å²) >= 11 is 0. The average Bonchev–Trinajstić information content (AvgIpc) is 3.13. The molecule has 0 fully saturated rings. The molecule has 0 amide bonds. The lowest BCUT2D eigenvalue weighted by atomic mass is 9.86. The molecule has 32 heavy (non-hydrogen) atoms. The van der Waals surface area contributed by atoms with Gasteiger partial charge in [-0.25, -0.2) is 14.6 Å². The molecule has 3 aromatic rings. The number of cyclic esters (lactones) is 1. The summed E-state index contributed by atoms with van der Waals surface area (Å²) in [4.78, 5) is 40.8. The summed E-state index contributed by atoms with van der Waals surface area (Å²) in [7, 11) is 0. The summed E-state index contributed by atoms with van der Waals surface area (Å²) in [6.07, 6.45) is 2.28. The van der Waals surface area contributed by atoms with E-state index in [9.17, 15) is 24.6 Å². The van der Waals surface area contributed by atoms with Crippen LogP contribution < -0.4 is 5.56 Å². The van der Waals surface area contributed by atoms with Gasteiger partial charge in [0, 0.05) is 28.2 Å². The van der Waals surface area contributed by atoms with Crippen LogP contribution in [-0.2, 0) is 33.1 Å². The van der Waals surface area contributed by atoms with Crippen molar-refractivity contribution in [1.29, 1.82) is 0 Å². The first-order chi connectivity index (χ1) is 15.2. The quantitative estimate of drug-likeness (QED) is 0.328. The molecule has 2 aliphatic rings. The predicted molar refractivity (Wildman–Crippen MR) is 113 cm³/mol. The van der Waals surface area contributed by atoms with E-state index in [0.29, 0.717) is 33.4 Å². The normalized spacial score (nSPS) is 19.0. The number of hydrogen-bond donors (Lipinski definition) is 3. The molecule has 2 aromatic heterocycles. The number of carboxylic acids is 1. The Kier molecular flexibility index (Phi) is 4.22. The molecule has 0 spiro atoms. The minimum atomic E-state index is -1.90. The van der Waals surface area contributed by atoms with Crippen molar-refractivity contribution < 1.29 is 29.6 Å². The van der Waals surface area contributed by atoms with Crippen molar-refractivity contribution in [2.24, 2.45) is 0 Å². The zero-order valence-corrected chi connectivity index (χ0v) is 17.0. The van der Waals surface area contributed by atoms with Gasteiger partial charge in [-0.05, 0) is 36.8 Å². The van der Waals surface area contributed by atoms with Crippen LogP contribution in [0.3, 0.4) is 0 Å². The molecule has 1 aromatic carbocycles. The van der Waals surface area contributed by atoms with Crippen LogP contribution in [0, 0.1) is 0 Å². The highest BCUT2D eigenvalue weighted by Gasteiger charge is 2.45. The van der Waals surface area contributed by atoms with Crippen LogP contribution >= 0.6 is 0 Å². The van der Waals surface area contributed by atoms with Crippen molar-refractivity contribution in [3.8, 4) is 17.1 Å². The molecule has 0 saturated carbocycles. The molecule has 9 nitrogen and oxygen atoms in total. The molecular formula is C23H18N2O7. The third kappa shape index (κ3) is 2.68. The first-order valence-electron chi connectivity index (χ1n) is 9.98. The van der Waals surface area contributed by atoms with Crippen LogP contribution in [0.1, 0.15) is 35.6 Å². The maximum absolute atomic E-state index is 13.2. The van der Waals surface area contributed by atoms with Crippen molar-refractivity contribution in [2.75, 3.05) is 0 Å². The van der Waals surface area contributed by atoms with Crippen molar-refractivity contribution in [3.63, 3.8) is 0 Å². The van der Waals surface area contributed by atoms with E-state index in [0.717, 1.165) is 6.08 Å². The molecule has 0 unspecified atom stereocenters. The zero-order valence-electron chi connectivity index (χ0n) is 17.0. The van der Waals surface area contributed by atoms with E-state index >= 15 is 0 Å². The zero-order chi connectivity index (χ0) is 22.8. The summed E-state index contributed by atoms with van der Waals surface area (Å²) in [5.41, 5.74) is 0.659. The van der Waals surface area contributed by atoms with E-state index < -0.39 is 17.5 Å². The lowest BCUT2D eigenvalue weighted by Crippen LogP contribution is -2.44. The standard InChI is InChI=1S/C23H18N2O7/c1-2-23(31)15-8-17-19-12(9-25(17)21(29)14(15)10-32-22(23)30)7-13-16(24-19)5-3-11(20(13)28)4-6-18(26)27/h3-8,28,31H,2,9-10H2,1H3,(H,26,27)/b6-4+/t23-/m0/s1. The highest BCUT2D eigenvalue weighted by atomic mass is 16.6. The van der Waals surface area contributed by atoms with Gasteiger partial charge in [-0.3, -0.25) is 4.79 Å². The second-order valence-corrected chi connectivity index (χ2v) is 7.84. The Balaban J connectivity index is 1.71. The molecule has 162 valence electrons. The fourth-order valence-corrected chi connectivity index (χ4v) is 4.35. The van der Waals surface area contributed by atoms with Crippen molar-refractivity contribution >= 4 is 28.9 Å². The van der Waals surface area contributed by atoms with Gasteiger partial charge in [0.1, 0.15) is 12.4 Å². The number of aromatic nitrogens is 2. The maximum atomic E-state index is 13.2. The first-order valence-corrected chi connectivity index (χ1v) is 9.98. The minimum Gasteiger partial charge on any atom is -0.507 e. The van der Waals surface area contributed by atoms with Crippen LogP contribution in [0.25, 0.3) is 28.4 Å². The topological polar surface area (TPSA) is 139 Å². The summed E-state index contributed by atoms with van der Waals surface area (Å²) in [5.74, 6) is -2.03. The first kappa shape index (κ1) is 20.0. The van der Waals surface area contributed by atoms with Gasteiger partial charge < -0.3 is 24.6 Å². The SMILES string of the molecule is CC[C@@]1(O)C(=O)OCc2c1cc1n(c2=O)Cc2cc3c(O)c(/C=C/C(=O)O)ccc3nc2-1. The summed E-state index contributed by atoms with van der Waals surface area (Å²) < 4.78 is 6.57. The molecule has 3 N–H and O–H groups in total. The van der Waals surface area contributed by atoms with E-state index in [2.05, 4.69) is 4.98 Å². The van der Waals surface area contributed by atoms with Gasteiger partial charge in [0.05, 0.1) is 29.0 Å². The number of hydrogen-bond acceptors (Lipinski definition) is 7. The van der Waals surface area contributed by atoms with Crippen molar-refractivity contribution in [2.45, 2.75) is 32.1 Å². The maximum Gasteiger partial charge on any atom is 0.343 e. The third-order valence-corrected chi connectivity index (χ3v) is 6.10. The Bertz CT molecular complexity index is 1440. The fraction of sp³-hybridized carbons (Fsp3) is 0.217. The van der Waals surface area contributed by atoms with Crippen LogP contribution in [0.2, 0.25) is 0 Å². The lowest BCUT2D eigenvalue weighted by molar-refractivity contribution is -0.172. The Hall–Kier alpha value is -3.98. The number of carbonyl (C=O) groups excluding carboxylic acids is 1. The summed E-state index contributed by atoms with van der Waals surface area (Å²) in [5, 5.41) is 30.8. The number of carbonyl (C=O) groups is 2. The van der Waals surface area contributed by atoms with Crippen LogP contribution in [0.4, 0.5) is 0 Å². The van der Waals surface area contributed by atoms with E-state index in [1.165, 1.54) is 10.6 Å². The average molecular weight is 434 g/mol. The summed E-state index contributed by atoms with van der Waals surface area (Å²) in [6.45, 7) is 1.63. The minimum absolute atomic E-state index is 0.0558. The molecule has 0 aliphatic carbocycles. The van der Waals surface area contributed by atoms with E-state index in [4.69, 9.17) is 9.84 Å². The van der Waals surface area contributed by atoms with E-state index in [1.54, 1.807) is 31.2 Å². The number of phenols is 1. The molecule has 1 atom stereocenters. The molecule has 0 bridgehead atoms. The van der Waals surface area contributed by atoms with Crippen LogP contribution in [0.5, 0.6) is 5.75 Å². The molecular weight excluding hydrogens is 416 g/mol. The number of aliphatic carboxylic acids is 1. The molecule has 0 saturated heterocycles. The third-order valence-electron chi connectivity index (χ3n) is 6.10. The second kappa shape index (κ2) is 6.76. The smallest absolute Gasteiger partial charge is 0.343 e. The highest BCUT2D eigenvalue weighted by Crippen LogP contribution is 2.40. The van der Waals surface area contributed by atoms with Gasteiger partial charge in [-0.1, -0.05) is 6.92 Å². The van der Waals surface area contributed by atoms with Gasteiger partial charge in [-0.2, -0.15) is 0 Å². The van der Waals surface area contributed by atoms with Crippen LogP contribution in [0.15, 0.2) is 35.1 Å². The highest BCUT2D eigenvalue weighted by molar-refractivity contribution is 5.94. The monoisotopic (exact) mass is 434 g/mol.